The topological polar surface area (TPSA) is 97.0 Å². The monoisotopic (exact) mass is 495 g/mol. The number of amides is 1. The Morgan fingerprint density at radius 2 is 2.06 bits per heavy atom. The number of carbonyl (C=O) groups is 1. The Bertz CT molecular complexity index is 1220. The highest BCUT2D eigenvalue weighted by atomic mass is 32.3. The van der Waals surface area contributed by atoms with Gasteiger partial charge in [-0.1, -0.05) is 0 Å². The van der Waals surface area contributed by atoms with Crippen LogP contribution in [0.25, 0.3) is 0 Å². The molecule has 2 aliphatic heterocycles. The van der Waals surface area contributed by atoms with E-state index in [2.05, 4.69) is 10.6 Å². The molecule has 34 heavy (non-hydrogen) atoms. The summed E-state index contributed by atoms with van der Waals surface area (Å²) < 4.78 is 61.6. The number of benzene rings is 2. The first kappa shape index (κ1) is 24.2. The van der Waals surface area contributed by atoms with Crippen LogP contribution in [0.5, 0.6) is 11.5 Å². The Kier molecular flexibility index (Phi) is 6.43. The van der Waals surface area contributed by atoms with Gasteiger partial charge in [-0.3, -0.25) is 9.69 Å². The number of nitrogens with zero attached hydrogens (tertiary/aromatic N) is 1. The van der Waals surface area contributed by atoms with Gasteiger partial charge in [0.1, 0.15) is 33.9 Å². The lowest BCUT2D eigenvalue weighted by Gasteiger charge is -2.42. The van der Waals surface area contributed by atoms with Crippen molar-refractivity contribution in [3.05, 3.63) is 41.7 Å². The van der Waals surface area contributed by atoms with E-state index in [1.165, 1.54) is 31.4 Å². The summed E-state index contributed by atoms with van der Waals surface area (Å²) in [6.45, 7) is 5.23. The first-order chi connectivity index (χ1) is 16.1. The predicted molar refractivity (Wildman–Crippen MR) is 123 cm³/mol. The number of hydrogen-bond donors (Lipinski definition) is 2. The highest BCUT2D eigenvalue weighted by Gasteiger charge is 2.49. The lowest BCUT2D eigenvalue weighted by atomic mass is 9.88. The molecular weight excluding hydrogens is 468 g/mol. The summed E-state index contributed by atoms with van der Waals surface area (Å²) in [6, 6.07) is 6.54. The number of rotatable bonds is 7. The maximum Gasteiger partial charge on any atom is 0.335 e. The molecule has 0 aromatic heterocycles. The van der Waals surface area contributed by atoms with E-state index in [1.807, 2.05) is 11.8 Å². The van der Waals surface area contributed by atoms with Crippen LogP contribution < -0.4 is 20.1 Å². The minimum atomic E-state index is -4.94. The third kappa shape index (κ3) is 4.29. The molecule has 1 fully saturated rings. The molecule has 2 aromatic rings. The van der Waals surface area contributed by atoms with Crippen LogP contribution in [0.4, 0.5) is 19.7 Å². The van der Waals surface area contributed by atoms with E-state index in [1.54, 1.807) is 6.92 Å². The summed E-state index contributed by atoms with van der Waals surface area (Å²) in [4.78, 5) is 14.5. The molecule has 11 heteroatoms. The van der Waals surface area contributed by atoms with Crippen molar-refractivity contribution in [2.75, 3.05) is 37.4 Å². The molecule has 2 atom stereocenters. The number of hydrogen-bond acceptors (Lipinski definition) is 7. The molecule has 184 valence electrons. The van der Waals surface area contributed by atoms with Crippen molar-refractivity contribution < 1.29 is 31.0 Å². The van der Waals surface area contributed by atoms with Gasteiger partial charge < -0.3 is 20.1 Å². The van der Waals surface area contributed by atoms with Gasteiger partial charge in [0.2, 0.25) is 5.91 Å². The van der Waals surface area contributed by atoms with Gasteiger partial charge in [-0.05, 0) is 57.5 Å². The molecule has 1 saturated heterocycles. The van der Waals surface area contributed by atoms with Gasteiger partial charge in [-0.25, -0.2) is 4.39 Å². The van der Waals surface area contributed by atoms with Gasteiger partial charge in [-0.2, -0.15) is 8.42 Å². The zero-order valence-corrected chi connectivity index (χ0v) is 20.0. The Balaban J connectivity index is 1.59. The minimum absolute atomic E-state index is 0.157. The third-order valence-electron chi connectivity index (χ3n) is 6.39. The number of methoxy groups -OCH3 is 1. The first-order valence-electron chi connectivity index (χ1n) is 11.0. The van der Waals surface area contributed by atoms with Crippen LogP contribution in [-0.4, -0.2) is 52.1 Å². The van der Waals surface area contributed by atoms with Crippen LogP contribution in [-0.2, 0) is 20.6 Å². The number of nitrogens with one attached hydrogen (secondary N) is 2. The average Bonchev–Trinajstić information content (AvgIpc) is 3.05. The molecule has 0 aliphatic carbocycles. The second-order valence-corrected chi connectivity index (χ2v) is 9.83. The molecular formula is C23H27F2N3O5S. The molecule has 1 amide bonds. The van der Waals surface area contributed by atoms with Crippen LogP contribution in [0.2, 0.25) is 0 Å². The largest absolute Gasteiger partial charge is 0.495 e. The second-order valence-electron chi connectivity index (χ2n) is 8.51. The van der Waals surface area contributed by atoms with Crippen molar-refractivity contribution in [3.63, 3.8) is 0 Å². The number of anilines is 2. The Morgan fingerprint density at radius 3 is 2.74 bits per heavy atom. The summed E-state index contributed by atoms with van der Waals surface area (Å²) in [5.41, 5.74) is 0.585. The number of fused-ring (bicyclic) bond motifs is 1. The number of likely N-dealkylation sites (tertiary alicyclic amines) is 1. The number of halogens is 2. The van der Waals surface area contributed by atoms with E-state index in [-0.39, 0.29) is 17.8 Å². The molecule has 1 unspecified atom stereocenters. The Hall–Kier alpha value is -2.92. The van der Waals surface area contributed by atoms with Gasteiger partial charge >= 0.3 is 10.2 Å². The summed E-state index contributed by atoms with van der Waals surface area (Å²) >= 11 is 0. The van der Waals surface area contributed by atoms with Crippen molar-refractivity contribution in [1.82, 2.24) is 4.90 Å². The fourth-order valence-corrected chi connectivity index (χ4v) is 5.30. The molecule has 8 nitrogen and oxygen atoms in total. The van der Waals surface area contributed by atoms with Gasteiger partial charge in [0, 0.05) is 24.7 Å². The molecule has 0 bridgehead atoms. The van der Waals surface area contributed by atoms with E-state index >= 15 is 0 Å². The molecule has 2 aliphatic rings. The van der Waals surface area contributed by atoms with Crippen LogP contribution >= 0.6 is 0 Å². The number of carbonyl (C=O) groups excluding carboxylic acids is 1. The summed E-state index contributed by atoms with van der Waals surface area (Å²) in [6.07, 6.45) is 1.09. The van der Waals surface area contributed by atoms with Gasteiger partial charge in [-0.15, -0.1) is 3.89 Å². The predicted octanol–water partition coefficient (Wildman–Crippen LogP) is 3.64. The normalized spacial score (nSPS) is 22.7. The fourth-order valence-electron chi connectivity index (χ4n) is 4.68. The quantitative estimate of drug-likeness (QED) is 0.566. The van der Waals surface area contributed by atoms with Crippen LogP contribution in [0, 0.1) is 5.82 Å². The van der Waals surface area contributed by atoms with E-state index in [9.17, 15) is 21.5 Å². The SMILES string of the molecule is CCNc1cc(F)cc2c1NC(=O)[C@]2(C)N1CCCC(Oc2ccc(S(=O)(=O)F)c(OC)c2)C1. The van der Waals surface area contributed by atoms with Crippen molar-refractivity contribution >= 4 is 27.5 Å². The Morgan fingerprint density at radius 1 is 1.29 bits per heavy atom. The molecule has 2 heterocycles. The summed E-state index contributed by atoms with van der Waals surface area (Å²) in [5, 5.41) is 6.00. The second kappa shape index (κ2) is 9.03. The van der Waals surface area contributed by atoms with Crippen molar-refractivity contribution in [2.24, 2.45) is 0 Å². The van der Waals surface area contributed by atoms with Crippen LogP contribution in [0.1, 0.15) is 32.3 Å². The van der Waals surface area contributed by atoms with E-state index in [0.717, 1.165) is 12.5 Å². The van der Waals surface area contributed by atoms with E-state index < -0.39 is 26.5 Å². The smallest absolute Gasteiger partial charge is 0.335 e. The van der Waals surface area contributed by atoms with E-state index in [4.69, 9.17) is 9.47 Å². The molecule has 0 saturated carbocycles. The minimum Gasteiger partial charge on any atom is -0.495 e. The van der Waals surface area contributed by atoms with Gasteiger partial charge in [0.05, 0.1) is 18.5 Å². The number of ether oxygens (including phenoxy) is 2. The molecule has 2 N–H and O–H groups in total. The summed E-state index contributed by atoms with van der Waals surface area (Å²) in [5.74, 6) is -0.516. The molecule has 0 radical (unpaired) electrons. The van der Waals surface area contributed by atoms with Gasteiger partial charge in [0.15, 0.2) is 0 Å². The standard InChI is InChI=1S/C23H27F2N3O5S/c1-4-26-18-11-14(24)10-17-21(18)27-22(29)23(17,2)28-9-5-6-16(13-28)33-15-7-8-20(34(25,30)31)19(12-15)32-3/h7-8,10-12,16,26H,4-6,9,13H2,1-3H3,(H,27,29)/t16?,23-/m1/s1. The van der Waals surface area contributed by atoms with Crippen LogP contribution in [0.15, 0.2) is 35.2 Å². The maximum atomic E-state index is 14.4. The third-order valence-corrected chi connectivity index (χ3v) is 7.25. The van der Waals surface area contributed by atoms with Crippen LogP contribution in [0.3, 0.4) is 0 Å². The average molecular weight is 496 g/mol. The fraction of sp³-hybridized carbons (Fsp3) is 0.435. The molecule has 4 rings (SSSR count). The zero-order chi connectivity index (χ0) is 24.7. The zero-order valence-electron chi connectivity index (χ0n) is 19.2. The van der Waals surface area contributed by atoms with Crippen molar-refractivity contribution in [2.45, 2.75) is 43.2 Å². The highest BCUT2D eigenvalue weighted by molar-refractivity contribution is 7.86. The lowest BCUT2D eigenvalue weighted by molar-refractivity contribution is -0.128. The highest BCUT2D eigenvalue weighted by Crippen LogP contribution is 2.45. The van der Waals surface area contributed by atoms with Gasteiger partial charge in [0.25, 0.3) is 0 Å². The van der Waals surface area contributed by atoms with Crippen molar-refractivity contribution in [3.8, 4) is 11.5 Å². The lowest BCUT2D eigenvalue weighted by Crippen LogP contribution is -2.54. The molecule has 2 aromatic carbocycles. The van der Waals surface area contributed by atoms with Crippen molar-refractivity contribution in [1.29, 1.82) is 0 Å². The summed E-state index contributed by atoms with van der Waals surface area (Å²) in [7, 11) is -3.69. The first-order valence-corrected chi connectivity index (χ1v) is 12.4. The van der Waals surface area contributed by atoms with E-state index in [0.29, 0.717) is 48.7 Å². The molecule has 0 spiro atoms. The maximum absolute atomic E-state index is 14.4. The Labute approximate surface area is 197 Å². The number of piperidine rings is 1.